The Labute approximate surface area is 130 Å². The zero-order valence-corrected chi connectivity index (χ0v) is 13.0. The number of aromatic nitrogens is 4. The maximum atomic E-state index is 5.95. The molecule has 3 heterocycles. The van der Waals surface area contributed by atoms with E-state index in [1.54, 1.807) is 0 Å². The Hall–Kier alpha value is -1.66. The second-order valence-corrected chi connectivity index (χ2v) is 6.53. The molecule has 1 saturated heterocycles. The zero-order valence-electron chi connectivity index (χ0n) is 13.0. The largest absolute Gasteiger partial charge is 0.372 e. The van der Waals surface area contributed by atoms with E-state index in [0.717, 1.165) is 37.7 Å². The molecule has 22 heavy (non-hydrogen) atoms. The molecule has 0 aromatic carbocycles. The lowest BCUT2D eigenvalue weighted by atomic mass is 10.1. The van der Waals surface area contributed by atoms with Crippen molar-refractivity contribution in [3.63, 3.8) is 0 Å². The van der Waals surface area contributed by atoms with E-state index in [-0.39, 0.29) is 6.10 Å². The smallest absolute Gasteiger partial charge is 0.101 e. The molecule has 0 spiro atoms. The van der Waals surface area contributed by atoms with Gasteiger partial charge in [0.25, 0.3) is 0 Å². The molecule has 1 saturated carbocycles. The van der Waals surface area contributed by atoms with Crippen LogP contribution in [0.4, 0.5) is 0 Å². The maximum absolute atomic E-state index is 5.95. The Kier molecular flexibility index (Phi) is 3.72. The molecule has 6 nitrogen and oxygen atoms in total. The first-order valence-corrected chi connectivity index (χ1v) is 8.16. The summed E-state index contributed by atoms with van der Waals surface area (Å²) in [7, 11) is 0. The molecule has 0 amide bonds. The molecule has 2 aromatic heterocycles. The number of nitrogens with zero attached hydrogens (tertiary/aromatic N) is 3. The molecule has 4 rings (SSSR count). The van der Waals surface area contributed by atoms with Gasteiger partial charge in [-0.05, 0) is 32.1 Å². The van der Waals surface area contributed by atoms with Gasteiger partial charge in [0.2, 0.25) is 0 Å². The molecule has 2 fully saturated rings. The van der Waals surface area contributed by atoms with Crippen LogP contribution >= 0.6 is 0 Å². The Balaban J connectivity index is 1.39. The molecule has 1 aliphatic heterocycles. The molecular weight excluding hydrogens is 278 g/mol. The van der Waals surface area contributed by atoms with Gasteiger partial charge in [0, 0.05) is 48.8 Å². The number of aromatic amines is 1. The standard InChI is InChI=1S/C16H23N5O/c1-11-13(7-18-20-11)6-17-15-4-5-22-16(15)14-8-19-21(10-14)9-12-2-3-12/h7-8,10,12,15-17H,2-6,9H2,1H3,(H,18,20)/t15-,16+/m0/s1. The van der Waals surface area contributed by atoms with Crippen LogP contribution in [-0.2, 0) is 17.8 Å². The molecule has 1 aliphatic carbocycles. The minimum absolute atomic E-state index is 0.111. The van der Waals surface area contributed by atoms with Gasteiger partial charge in [-0.3, -0.25) is 9.78 Å². The molecule has 118 valence electrons. The second kappa shape index (κ2) is 5.85. The summed E-state index contributed by atoms with van der Waals surface area (Å²) in [5.74, 6) is 0.843. The lowest BCUT2D eigenvalue weighted by molar-refractivity contribution is 0.0984. The highest BCUT2D eigenvalue weighted by Crippen LogP contribution is 2.32. The fourth-order valence-electron chi connectivity index (χ4n) is 3.11. The van der Waals surface area contributed by atoms with E-state index < -0.39 is 0 Å². The van der Waals surface area contributed by atoms with Crippen LogP contribution in [0.25, 0.3) is 0 Å². The first kappa shape index (κ1) is 14.0. The Morgan fingerprint density at radius 3 is 3.05 bits per heavy atom. The minimum Gasteiger partial charge on any atom is -0.372 e. The van der Waals surface area contributed by atoms with E-state index in [4.69, 9.17) is 4.74 Å². The molecule has 6 heteroatoms. The van der Waals surface area contributed by atoms with Crippen molar-refractivity contribution in [2.24, 2.45) is 5.92 Å². The third-order valence-electron chi connectivity index (χ3n) is 4.70. The number of hydrogen-bond acceptors (Lipinski definition) is 4. The number of aryl methyl sites for hydroxylation is 1. The van der Waals surface area contributed by atoms with Gasteiger partial charge < -0.3 is 10.1 Å². The summed E-state index contributed by atoms with van der Waals surface area (Å²) < 4.78 is 8.02. The first-order valence-electron chi connectivity index (χ1n) is 8.16. The monoisotopic (exact) mass is 301 g/mol. The number of H-pyrrole nitrogens is 1. The van der Waals surface area contributed by atoms with Crippen molar-refractivity contribution >= 4 is 0 Å². The molecular formula is C16H23N5O. The van der Waals surface area contributed by atoms with Gasteiger partial charge in [-0.1, -0.05) is 0 Å². The van der Waals surface area contributed by atoms with Crippen LogP contribution in [0.1, 0.15) is 42.2 Å². The number of hydrogen-bond donors (Lipinski definition) is 2. The zero-order chi connectivity index (χ0) is 14.9. The minimum atomic E-state index is 0.111. The summed E-state index contributed by atoms with van der Waals surface area (Å²) in [6, 6.07) is 0.341. The number of rotatable bonds is 6. The predicted octanol–water partition coefficient (Wildman–Crippen LogP) is 1.94. The van der Waals surface area contributed by atoms with E-state index in [1.807, 2.05) is 12.4 Å². The normalized spacial score (nSPS) is 25.0. The van der Waals surface area contributed by atoms with Gasteiger partial charge >= 0.3 is 0 Å². The highest BCUT2D eigenvalue weighted by molar-refractivity contribution is 5.16. The van der Waals surface area contributed by atoms with Crippen molar-refractivity contribution in [1.82, 2.24) is 25.3 Å². The van der Waals surface area contributed by atoms with Crippen LogP contribution in [0.3, 0.4) is 0 Å². The van der Waals surface area contributed by atoms with Crippen LogP contribution in [0, 0.1) is 12.8 Å². The van der Waals surface area contributed by atoms with Gasteiger partial charge in [-0.2, -0.15) is 10.2 Å². The fraction of sp³-hybridized carbons (Fsp3) is 0.625. The third-order valence-corrected chi connectivity index (χ3v) is 4.70. The average Bonchev–Trinajstić information content (AvgIpc) is 2.92. The third kappa shape index (κ3) is 2.94. The van der Waals surface area contributed by atoms with Gasteiger partial charge in [-0.15, -0.1) is 0 Å². The van der Waals surface area contributed by atoms with Crippen molar-refractivity contribution < 1.29 is 4.74 Å². The molecule has 2 aliphatic rings. The van der Waals surface area contributed by atoms with Crippen molar-refractivity contribution in [1.29, 1.82) is 0 Å². The van der Waals surface area contributed by atoms with E-state index >= 15 is 0 Å². The van der Waals surface area contributed by atoms with Crippen molar-refractivity contribution in [2.75, 3.05) is 6.61 Å². The van der Waals surface area contributed by atoms with Crippen LogP contribution in [-0.4, -0.2) is 32.6 Å². The topological polar surface area (TPSA) is 67.8 Å². The number of ether oxygens (including phenoxy) is 1. The molecule has 2 atom stereocenters. The summed E-state index contributed by atoms with van der Waals surface area (Å²) in [4.78, 5) is 0. The van der Waals surface area contributed by atoms with Crippen molar-refractivity contribution in [3.8, 4) is 0 Å². The maximum Gasteiger partial charge on any atom is 0.101 e. The Bertz CT molecular complexity index is 630. The Morgan fingerprint density at radius 2 is 2.27 bits per heavy atom. The summed E-state index contributed by atoms with van der Waals surface area (Å²) in [5, 5.41) is 15.2. The van der Waals surface area contributed by atoms with Crippen LogP contribution < -0.4 is 5.32 Å². The van der Waals surface area contributed by atoms with Crippen LogP contribution in [0.5, 0.6) is 0 Å². The summed E-state index contributed by atoms with van der Waals surface area (Å²) in [5.41, 5.74) is 3.54. The summed E-state index contributed by atoms with van der Waals surface area (Å²) in [6.07, 6.45) is 9.87. The van der Waals surface area contributed by atoms with Gasteiger partial charge in [0.15, 0.2) is 0 Å². The van der Waals surface area contributed by atoms with Crippen molar-refractivity contribution in [3.05, 3.63) is 35.4 Å². The van der Waals surface area contributed by atoms with E-state index in [1.165, 1.54) is 24.0 Å². The van der Waals surface area contributed by atoms with Crippen LogP contribution in [0.2, 0.25) is 0 Å². The lowest BCUT2D eigenvalue weighted by Crippen LogP contribution is -2.31. The van der Waals surface area contributed by atoms with E-state index in [2.05, 4.69) is 38.4 Å². The van der Waals surface area contributed by atoms with E-state index in [0.29, 0.717) is 6.04 Å². The highest BCUT2D eigenvalue weighted by atomic mass is 16.5. The highest BCUT2D eigenvalue weighted by Gasteiger charge is 2.31. The predicted molar refractivity (Wildman–Crippen MR) is 82.2 cm³/mol. The van der Waals surface area contributed by atoms with Gasteiger partial charge in [0.1, 0.15) is 6.10 Å². The Morgan fingerprint density at radius 1 is 1.36 bits per heavy atom. The van der Waals surface area contributed by atoms with Crippen molar-refractivity contribution in [2.45, 2.75) is 51.4 Å². The summed E-state index contributed by atoms with van der Waals surface area (Å²) >= 11 is 0. The molecule has 2 N–H and O–H groups in total. The second-order valence-electron chi connectivity index (χ2n) is 6.53. The van der Waals surface area contributed by atoms with E-state index in [9.17, 15) is 0 Å². The number of nitrogens with one attached hydrogen (secondary N) is 2. The fourth-order valence-corrected chi connectivity index (χ4v) is 3.11. The van der Waals surface area contributed by atoms with Gasteiger partial charge in [-0.25, -0.2) is 0 Å². The molecule has 2 aromatic rings. The lowest BCUT2D eigenvalue weighted by Gasteiger charge is -2.18. The van der Waals surface area contributed by atoms with Crippen LogP contribution in [0.15, 0.2) is 18.6 Å². The van der Waals surface area contributed by atoms with Gasteiger partial charge in [0.05, 0.1) is 12.4 Å². The summed E-state index contributed by atoms with van der Waals surface area (Å²) in [6.45, 7) is 4.73. The first-order chi connectivity index (χ1) is 10.8. The SMILES string of the molecule is Cc1[nH]ncc1CN[C@H]1CCO[C@@H]1c1cnn(CC2CC2)c1. The molecule has 0 bridgehead atoms. The quantitative estimate of drug-likeness (QED) is 0.855. The molecule has 0 unspecified atom stereocenters. The molecule has 0 radical (unpaired) electrons. The average molecular weight is 301 g/mol.